The fourth-order valence-corrected chi connectivity index (χ4v) is 0.833. The summed E-state index contributed by atoms with van der Waals surface area (Å²) in [4.78, 5) is 0. The zero-order chi connectivity index (χ0) is 7.14. The van der Waals surface area contributed by atoms with E-state index in [-0.39, 0.29) is 0 Å². The molecule has 0 aliphatic carbocycles. The molecule has 0 fully saturated rings. The minimum Gasteiger partial charge on any atom is -0.334 e. The van der Waals surface area contributed by atoms with E-state index in [1.54, 1.807) is 11.7 Å². The summed E-state index contributed by atoms with van der Waals surface area (Å²) in [6.07, 6.45) is 0. The van der Waals surface area contributed by atoms with E-state index in [9.17, 15) is 0 Å². The largest absolute Gasteiger partial charge is 0.334 e. The van der Waals surface area contributed by atoms with Gasteiger partial charge in [-0.2, -0.15) is 0 Å². The van der Waals surface area contributed by atoms with Crippen LogP contribution >= 0.6 is 0 Å². The van der Waals surface area contributed by atoms with Crippen molar-refractivity contribution in [1.29, 1.82) is 0 Å². The van der Waals surface area contributed by atoms with Crippen LogP contribution < -0.4 is 0 Å². The summed E-state index contributed by atoms with van der Waals surface area (Å²) < 4.78 is 6.46. The highest BCUT2D eigenvalue weighted by Crippen LogP contribution is 2.11. The second-order valence-electron chi connectivity index (χ2n) is 2.13. The standard InChI is InChI=1S/C5H6N4O/c1-3-4-5(10-7-3)9(2)8-6-4/h1-2H3. The first-order chi connectivity index (χ1) is 4.79. The van der Waals surface area contributed by atoms with E-state index in [4.69, 9.17) is 4.52 Å². The number of aromatic nitrogens is 4. The van der Waals surface area contributed by atoms with Gasteiger partial charge < -0.3 is 4.52 Å². The summed E-state index contributed by atoms with van der Waals surface area (Å²) in [5.74, 6) is 0. The van der Waals surface area contributed by atoms with Crippen molar-refractivity contribution in [3.05, 3.63) is 5.69 Å². The Morgan fingerprint density at radius 2 is 2.30 bits per heavy atom. The molecular formula is C5H6N4O. The second kappa shape index (κ2) is 1.56. The lowest BCUT2D eigenvalue weighted by Crippen LogP contribution is -1.88. The van der Waals surface area contributed by atoms with Crippen LogP contribution in [0.2, 0.25) is 0 Å². The molecule has 0 bridgehead atoms. The van der Waals surface area contributed by atoms with E-state index in [1.807, 2.05) is 6.92 Å². The molecule has 0 saturated heterocycles. The molecule has 0 aliphatic heterocycles. The van der Waals surface area contributed by atoms with Gasteiger partial charge >= 0.3 is 0 Å². The Balaban J connectivity index is 2.95. The molecule has 0 amide bonds. The third-order valence-corrected chi connectivity index (χ3v) is 1.39. The molecule has 5 nitrogen and oxygen atoms in total. The highest BCUT2D eigenvalue weighted by molar-refractivity contribution is 5.69. The maximum Gasteiger partial charge on any atom is 0.276 e. The third-order valence-electron chi connectivity index (χ3n) is 1.39. The van der Waals surface area contributed by atoms with Gasteiger partial charge in [-0.05, 0) is 6.92 Å². The molecule has 5 heteroatoms. The minimum atomic E-state index is 0.623. The second-order valence-corrected chi connectivity index (χ2v) is 2.13. The van der Waals surface area contributed by atoms with Gasteiger partial charge in [0.2, 0.25) is 0 Å². The normalized spacial score (nSPS) is 11.0. The van der Waals surface area contributed by atoms with Gasteiger partial charge in [0.25, 0.3) is 5.71 Å². The first kappa shape index (κ1) is 5.40. The van der Waals surface area contributed by atoms with E-state index in [0.717, 1.165) is 11.2 Å². The van der Waals surface area contributed by atoms with Crippen LogP contribution in [0.15, 0.2) is 4.52 Å². The third kappa shape index (κ3) is 0.490. The van der Waals surface area contributed by atoms with Gasteiger partial charge in [0.15, 0.2) is 5.52 Å². The van der Waals surface area contributed by atoms with E-state index in [0.29, 0.717) is 5.71 Å². The Labute approximate surface area is 56.6 Å². The molecule has 0 aliphatic rings. The molecule has 2 aromatic rings. The van der Waals surface area contributed by atoms with Gasteiger partial charge in [-0.1, -0.05) is 10.4 Å². The van der Waals surface area contributed by atoms with Gasteiger partial charge in [0.05, 0.1) is 0 Å². The van der Waals surface area contributed by atoms with Crippen LogP contribution in [0.5, 0.6) is 0 Å². The first-order valence-corrected chi connectivity index (χ1v) is 2.90. The summed E-state index contributed by atoms with van der Waals surface area (Å²) in [5, 5.41) is 11.3. The molecule has 52 valence electrons. The number of fused-ring (bicyclic) bond motifs is 1. The lowest BCUT2D eigenvalue weighted by atomic mass is 10.4. The number of rotatable bonds is 0. The molecule has 0 aromatic carbocycles. The fraction of sp³-hybridized carbons (Fsp3) is 0.400. The van der Waals surface area contributed by atoms with E-state index >= 15 is 0 Å². The molecule has 0 spiro atoms. The monoisotopic (exact) mass is 138 g/mol. The molecule has 10 heavy (non-hydrogen) atoms. The molecule has 0 radical (unpaired) electrons. The topological polar surface area (TPSA) is 56.7 Å². The zero-order valence-corrected chi connectivity index (χ0v) is 5.70. The Kier molecular flexibility index (Phi) is 0.841. The van der Waals surface area contributed by atoms with Crippen molar-refractivity contribution in [2.75, 3.05) is 0 Å². The summed E-state index contributed by atoms with van der Waals surface area (Å²) in [5.41, 5.74) is 2.14. The van der Waals surface area contributed by atoms with E-state index in [1.165, 1.54) is 0 Å². The molecule has 0 atom stereocenters. The van der Waals surface area contributed by atoms with Crippen molar-refractivity contribution in [3.8, 4) is 0 Å². The molecular weight excluding hydrogens is 132 g/mol. The Hall–Kier alpha value is -1.39. The lowest BCUT2D eigenvalue weighted by Gasteiger charge is -1.78. The van der Waals surface area contributed by atoms with E-state index in [2.05, 4.69) is 15.5 Å². The Bertz CT molecular complexity index is 324. The minimum absolute atomic E-state index is 0.623. The van der Waals surface area contributed by atoms with Crippen LogP contribution in [0.25, 0.3) is 11.2 Å². The summed E-state index contributed by atoms with van der Waals surface area (Å²) in [6, 6.07) is 0. The number of hydrogen-bond donors (Lipinski definition) is 0. The maximum atomic E-state index is 4.91. The predicted octanol–water partition coefficient (Wildman–Crippen LogP) is 0.265. The van der Waals surface area contributed by atoms with Crippen LogP contribution in [0.3, 0.4) is 0 Å². The van der Waals surface area contributed by atoms with Crippen molar-refractivity contribution in [2.24, 2.45) is 7.05 Å². The zero-order valence-electron chi connectivity index (χ0n) is 5.70. The van der Waals surface area contributed by atoms with Crippen LogP contribution in [0, 0.1) is 6.92 Å². The first-order valence-electron chi connectivity index (χ1n) is 2.90. The van der Waals surface area contributed by atoms with Gasteiger partial charge in [-0.15, -0.1) is 5.10 Å². The molecule has 0 saturated carbocycles. The van der Waals surface area contributed by atoms with Gasteiger partial charge in [0.1, 0.15) is 5.69 Å². The summed E-state index contributed by atoms with van der Waals surface area (Å²) >= 11 is 0. The van der Waals surface area contributed by atoms with Crippen LogP contribution in [0.1, 0.15) is 5.69 Å². The maximum absolute atomic E-state index is 4.91. The quantitative estimate of drug-likeness (QED) is 0.524. The van der Waals surface area contributed by atoms with Gasteiger partial charge in [-0.3, -0.25) is 0 Å². The Morgan fingerprint density at radius 3 is 3.00 bits per heavy atom. The molecule has 2 rings (SSSR count). The number of nitrogens with zero attached hydrogens (tertiary/aromatic N) is 4. The summed E-state index contributed by atoms with van der Waals surface area (Å²) in [6.45, 7) is 1.83. The highest BCUT2D eigenvalue weighted by atomic mass is 16.5. The number of hydrogen-bond acceptors (Lipinski definition) is 4. The van der Waals surface area contributed by atoms with Crippen LogP contribution in [-0.4, -0.2) is 20.2 Å². The SMILES string of the molecule is Cc1noc2c1nnn2C. The van der Waals surface area contributed by atoms with Crippen LogP contribution in [0.4, 0.5) is 0 Å². The fourth-order valence-electron chi connectivity index (χ4n) is 0.833. The van der Waals surface area contributed by atoms with Crippen molar-refractivity contribution < 1.29 is 4.52 Å². The van der Waals surface area contributed by atoms with Crippen molar-refractivity contribution in [2.45, 2.75) is 6.92 Å². The average molecular weight is 138 g/mol. The highest BCUT2D eigenvalue weighted by Gasteiger charge is 2.08. The van der Waals surface area contributed by atoms with Crippen LogP contribution in [-0.2, 0) is 7.05 Å². The van der Waals surface area contributed by atoms with Crippen molar-refractivity contribution >= 4 is 11.2 Å². The average Bonchev–Trinajstić information content (AvgIpc) is 2.41. The molecule has 2 heterocycles. The smallest absolute Gasteiger partial charge is 0.276 e. The predicted molar refractivity (Wildman–Crippen MR) is 33.3 cm³/mol. The Morgan fingerprint density at radius 1 is 1.50 bits per heavy atom. The summed E-state index contributed by atoms with van der Waals surface area (Å²) in [7, 11) is 1.76. The van der Waals surface area contributed by atoms with E-state index < -0.39 is 0 Å². The van der Waals surface area contributed by atoms with Crippen molar-refractivity contribution in [1.82, 2.24) is 20.2 Å². The lowest BCUT2D eigenvalue weighted by molar-refractivity contribution is 0.426. The number of aryl methyl sites for hydroxylation is 2. The van der Waals surface area contributed by atoms with Gasteiger partial charge in [-0.25, -0.2) is 4.68 Å². The molecule has 0 unspecified atom stereocenters. The molecule has 0 N–H and O–H groups in total. The van der Waals surface area contributed by atoms with Gasteiger partial charge in [0, 0.05) is 7.05 Å². The molecule has 2 aromatic heterocycles. The van der Waals surface area contributed by atoms with Crippen molar-refractivity contribution in [3.63, 3.8) is 0 Å².